The molecule has 0 atom stereocenters. The lowest BCUT2D eigenvalue weighted by Gasteiger charge is -2.19. The monoisotopic (exact) mass is 327 g/mol. The molecular weight excluding hydrogens is 308 g/mol. The van der Waals surface area contributed by atoms with Gasteiger partial charge < -0.3 is 16.4 Å². The Labute approximate surface area is 138 Å². The van der Waals surface area contributed by atoms with Crippen molar-refractivity contribution >= 4 is 38.8 Å². The first-order valence-electron chi connectivity index (χ1n) is 7.35. The fourth-order valence-electron chi connectivity index (χ4n) is 2.64. The maximum Gasteiger partial charge on any atom is 0.272 e. The molecule has 118 valence electrons. The molecule has 0 saturated carbocycles. The third kappa shape index (κ3) is 2.98. The summed E-state index contributed by atoms with van der Waals surface area (Å²) < 4.78 is 0. The molecule has 0 unspecified atom stereocenters. The van der Waals surface area contributed by atoms with Gasteiger partial charge in [0, 0.05) is 19.7 Å². The Bertz CT molecular complexity index is 844. The minimum atomic E-state index is -0.491. The van der Waals surface area contributed by atoms with Crippen molar-refractivity contribution in [3.8, 4) is 0 Å². The van der Waals surface area contributed by atoms with Crippen LogP contribution >= 0.6 is 11.3 Å². The van der Waals surface area contributed by atoms with Gasteiger partial charge in [-0.05, 0) is 12.0 Å². The standard InChI is InChI=1S/C17H18N4OS/c1-21(10-8-11-5-3-2-4-6-11)12-7-9-20-17-13(12)14(18)15(23-17)16(19)22/h2-7,9H,8,10,18H2,1H3,(H2,19,22)/p+1. The molecule has 0 fully saturated rings. The Balaban J connectivity index is 1.91. The van der Waals surface area contributed by atoms with E-state index in [2.05, 4.69) is 22.0 Å². The number of nitrogens with two attached hydrogens (primary N) is 2. The van der Waals surface area contributed by atoms with Crippen LogP contribution in [-0.4, -0.2) is 19.5 Å². The van der Waals surface area contributed by atoms with Crippen molar-refractivity contribution in [3.05, 3.63) is 53.0 Å². The van der Waals surface area contributed by atoms with Crippen LogP contribution in [0.4, 0.5) is 11.4 Å². The van der Waals surface area contributed by atoms with Crippen molar-refractivity contribution in [1.82, 2.24) is 0 Å². The molecular formula is C17H19N4OS+. The lowest BCUT2D eigenvalue weighted by atomic mass is 10.1. The number of benzene rings is 1. The number of aromatic amines is 1. The summed E-state index contributed by atoms with van der Waals surface area (Å²) in [7, 11) is 2.03. The highest BCUT2D eigenvalue weighted by atomic mass is 32.1. The molecule has 0 bridgehead atoms. The largest absolute Gasteiger partial charge is 0.397 e. The van der Waals surface area contributed by atoms with Crippen molar-refractivity contribution < 1.29 is 9.78 Å². The topological polar surface area (TPSA) is 86.5 Å². The van der Waals surface area contributed by atoms with Crippen LogP contribution in [0.2, 0.25) is 0 Å². The number of nitrogens with zero attached hydrogens (tertiary/aromatic N) is 1. The number of hydrogen-bond donors (Lipinski definition) is 2. The number of thiophene rings is 1. The Hall–Kier alpha value is -2.60. The summed E-state index contributed by atoms with van der Waals surface area (Å²) in [5.74, 6) is -0.491. The molecule has 5 nitrogen and oxygen atoms in total. The smallest absolute Gasteiger partial charge is 0.272 e. The van der Waals surface area contributed by atoms with E-state index in [0.717, 1.165) is 28.9 Å². The number of likely N-dealkylation sites (N-methyl/N-ethyl adjacent to an activating group) is 1. The van der Waals surface area contributed by atoms with Gasteiger partial charge in [0.1, 0.15) is 10.3 Å². The second-order valence-electron chi connectivity index (χ2n) is 5.43. The number of H-pyrrole nitrogens is 1. The van der Waals surface area contributed by atoms with Crippen molar-refractivity contribution in [2.24, 2.45) is 5.73 Å². The van der Waals surface area contributed by atoms with Gasteiger partial charge in [0.15, 0.2) is 6.20 Å². The van der Waals surface area contributed by atoms with E-state index in [1.165, 1.54) is 16.9 Å². The molecule has 2 heterocycles. The van der Waals surface area contributed by atoms with Crippen molar-refractivity contribution in [2.45, 2.75) is 6.42 Å². The summed E-state index contributed by atoms with van der Waals surface area (Å²) >= 11 is 1.30. The number of anilines is 2. The van der Waals surface area contributed by atoms with E-state index in [1.54, 1.807) is 0 Å². The molecule has 23 heavy (non-hydrogen) atoms. The van der Waals surface area contributed by atoms with E-state index < -0.39 is 5.91 Å². The average Bonchev–Trinajstić information content (AvgIpc) is 2.91. The molecule has 0 aliphatic rings. The van der Waals surface area contributed by atoms with Crippen molar-refractivity contribution in [1.29, 1.82) is 0 Å². The number of rotatable bonds is 5. The second kappa shape index (κ2) is 6.26. The van der Waals surface area contributed by atoms with Gasteiger partial charge in [-0.2, -0.15) is 0 Å². The van der Waals surface area contributed by atoms with Gasteiger partial charge in [-0.1, -0.05) is 41.7 Å². The third-order valence-electron chi connectivity index (χ3n) is 3.87. The maximum atomic E-state index is 11.5. The van der Waals surface area contributed by atoms with E-state index in [1.807, 2.05) is 37.5 Å². The number of fused-ring (bicyclic) bond motifs is 1. The first-order chi connectivity index (χ1) is 11.1. The highest BCUT2D eigenvalue weighted by Gasteiger charge is 2.22. The molecule has 0 aliphatic carbocycles. The van der Waals surface area contributed by atoms with Crippen LogP contribution in [0, 0.1) is 0 Å². The summed E-state index contributed by atoms with van der Waals surface area (Å²) in [4.78, 5) is 18.1. The molecule has 1 aromatic carbocycles. The highest BCUT2D eigenvalue weighted by molar-refractivity contribution is 7.20. The fraction of sp³-hybridized carbons (Fsp3) is 0.176. The fourth-order valence-corrected chi connectivity index (χ4v) is 3.60. The van der Waals surface area contributed by atoms with Crippen LogP contribution in [0.3, 0.4) is 0 Å². The van der Waals surface area contributed by atoms with Crippen LogP contribution < -0.4 is 21.4 Å². The lowest BCUT2D eigenvalue weighted by Crippen LogP contribution is -2.21. The zero-order valence-corrected chi connectivity index (χ0v) is 13.7. The van der Waals surface area contributed by atoms with E-state index in [4.69, 9.17) is 11.5 Å². The number of nitrogen functional groups attached to an aromatic ring is 1. The summed E-state index contributed by atoms with van der Waals surface area (Å²) in [6.45, 7) is 0.852. The number of nitrogens with one attached hydrogen (secondary N) is 1. The lowest BCUT2D eigenvalue weighted by molar-refractivity contribution is -0.341. The number of amides is 1. The molecule has 0 aliphatic heterocycles. The van der Waals surface area contributed by atoms with Gasteiger partial charge >= 0.3 is 0 Å². The molecule has 0 radical (unpaired) electrons. The van der Waals surface area contributed by atoms with E-state index in [-0.39, 0.29) is 0 Å². The number of carbonyl (C=O) groups excluding carboxylic acids is 1. The van der Waals surface area contributed by atoms with Crippen molar-refractivity contribution in [3.63, 3.8) is 0 Å². The zero-order valence-electron chi connectivity index (χ0n) is 12.9. The number of aromatic nitrogens is 1. The Morgan fingerprint density at radius 2 is 2.00 bits per heavy atom. The van der Waals surface area contributed by atoms with Crippen molar-refractivity contribution in [2.75, 3.05) is 24.2 Å². The molecule has 1 amide bonds. The van der Waals surface area contributed by atoms with Crippen LogP contribution in [0.25, 0.3) is 10.2 Å². The third-order valence-corrected chi connectivity index (χ3v) is 5.02. The van der Waals surface area contributed by atoms with Crippen LogP contribution in [0.5, 0.6) is 0 Å². The van der Waals surface area contributed by atoms with Crippen LogP contribution in [-0.2, 0) is 6.42 Å². The van der Waals surface area contributed by atoms with E-state index in [0.29, 0.717) is 10.6 Å². The predicted molar refractivity (Wildman–Crippen MR) is 94.7 cm³/mol. The summed E-state index contributed by atoms with van der Waals surface area (Å²) in [5, 5.41) is 0.863. The number of pyridine rings is 1. The van der Waals surface area contributed by atoms with Gasteiger partial charge in [-0.15, -0.1) is 0 Å². The molecule has 5 N–H and O–H groups in total. The van der Waals surface area contributed by atoms with Gasteiger partial charge in [0.2, 0.25) is 0 Å². The second-order valence-corrected chi connectivity index (χ2v) is 6.45. The van der Waals surface area contributed by atoms with Gasteiger partial charge in [0.25, 0.3) is 10.7 Å². The van der Waals surface area contributed by atoms with Crippen LogP contribution in [0.15, 0.2) is 42.6 Å². The summed E-state index contributed by atoms with van der Waals surface area (Å²) in [5.41, 5.74) is 14.3. The molecule has 6 heteroatoms. The maximum absolute atomic E-state index is 11.5. The Morgan fingerprint density at radius 1 is 1.26 bits per heavy atom. The molecule has 3 rings (SSSR count). The van der Waals surface area contributed by atoms with Crippen LogP contribution in [0.1, 0.15) is 15.2 Å². The number of carbonyl (C=O) groups is 1. The minimum Gasteiger partial charge on any atom is -0.397 e. The predicted octanol–water partition coefficient (Wildman–Crippen LogP) is 2.08. The first kappa shape index (κ1) is 15.3. The summed E-state index contributed by atoms with van der Waals surface area (Å²) in [6.07, 6.45) is 2.79. The highest BCUT2D eigenvalue weighted by Crippen LogP contribution is 2.36. The van der Waals surface area contributed by atoms with Gasteiger partial charge in [-0.25, -0.2) is 4.98 Å². The van der Waals surface area contributed by atoms with Gasteiger partial charge in [0.05, 0.1) is 11.4 Å². The molecule has 0 spiro atoms. The normalized spacial score (nSPS) is 10.8. The molecule has 2 aromatic heterocycles. The van der Waals surface area contributed by atoms with E-state index >= 15 is 0 Å². The number of primary amides is 1. The summed E-state index contributed by atoms with van der Waals surface area (Å²) in [6, 6.07) is 12.3. The minimum absolute atomic E-state index is 0.403. The quantitative estimate of drug-likeness (QED) is 0.752. The van der Waals surface area contributed by atoms with Gasteiger partial charge in [-0.3, -0.25) is 4.79 Å². The van der Waals surface area contributed by atoms with E-state index in [9.17, 15) is 4.79 Å². The first-order valence-corrected chi connectivity index (χ1v) is 8.17. The SMILES string of the molecule is CN(CCc1ccccc1)c1cc[nH+]c2sc(C(N)=O)c(N)c12. The molecule has 3 aromatic rings. The zero-order chi connectivity index (χ0) is 16.4. The number of hydrogen-bond acceptors (Lipinski definition) is 4. The average molecular weight is 327 g/mol. The molecule has 0 saturated heterocycles. The Kier molecular flexibility index (Phi) is 4.16. The Morgan fingerprint density at radius 3 is 2.70 bits per heavy atom.